The van der Waals surface area contributed by atoms with Crippen LogP contribution in [0.1, 0.15) is 83.2 Å². The number of piperidine rings is 1. The van der Waals surface area contributed by atoms with Crippen molar-refractivity contribution in [2.24, 2.45) is 4.99 Å². The van der Waals surface area contributed by atoms with E-state index >= 15 is 4.79 Å². The Bertz CT molecular complexity index is 1750. The number of benzene rings is 2. The number of urea groups is 1. The van der Waals surface area contributed by atoms with Gasteiger partial charge in [0.15, 0.2) is 0 Å². The Labute approximate surface area is 306 Å². The highest BCUT2D eigenvalue weighted by Crippen LogP contribution is 2.54. The molecule has 3 aromatic rings. The molecule has 1 N–H and O–H groups in total. The van der Waals surface area contributed by atoms with Crippen molar-refractivity contribution >= 4 is 41.0 Å². The zero-order valence-corrected chi connectivity index (χ0v) is 31.4. The van der Waals surface area contributed by atoms with E-state index in [2.05, 4.69) is 44.8 Å². The zero-order chi connectivity index (χ0) is 35.8. The minimum Gasteiger partial charge on any atom is -0.493 e. The van der Waals surface area contributed by atoms with Gasteiger partial charge in [0.05, 0.1) is 12.2 Å². The first-order chi connectivity index (χ1) is 23.8. The lowest BCUT2D eigenvalue weighted by Crippen LogP contribution is -2.59. The van der Waals surface area contributed by atoms with Crippen LogP contribution in [0.15, 0.2) is 65.8 Å². The zero-order valence-electron chi connectivity index (χ0n) is 29.9. The Balaban J connectivity index is 1.48. The Morgan fingerprint density at radius 3 is 2.18 bits per heavy atom. The Kier molecular flexibility index (Phi) is 10.2. The second-order valence-electron chi connectivity index (χ2n) is 14.8. The third-order valence-corrected chi connectivity index (χ3v) is 11.2. The molecule has 2 aromatic carbocycles. The first kappa shape index (κ1) is 36.1. The SMILES string of the molecule is CCOc1cc(C(C)(C)C)ncc1C1=NC(C)(c2ccc(Cl)cc2)C(C)(c2ccc(Cl)cc2)N1C(=O)N1CCC(N2CCNC(=O)CC2)CC1. The minimum atomic E-state index is -1.00. The predicted octanol–water partition coefficient (Wildman–Crippen LogP) is 7.38. The van der Waals surface area contributed by atoms with Gasteiger partial charge in [-0.25, -0.2) is 4.79 Å². The fraction of sp³-hybridized carbons (Fsp3) is 0.487. The van der Waals surface area contributed by atoms with Crippen molar-refractivity contribution in [1.82, 2.24) is 25.0 Å². The highest BCUT2D eigenvalue weighted by atomic mass is 35.5. The third-order valence-electron chi connectivity index (χ3n) is 10.7. The molecule has 9 nitrogen and oxygen atoms in total. The molecule has 11 heteroatoms. The molecular weight excluding hydrogens is 671 g/mol. The summed E-state index contributed by atoms with van der Waals surface area (Å²) >= 11 is 12.8. The van der Waals surface area contributed by atoms with Crippen molar-refractivity contribution < 1.29 is 14.3 Å². The van der Waals surface area contributed by atoms with Gasteiger partial charge in [-0.2, -0.15) is 0 Å². The summed E-state index contributed by atoms with van der Waals surface area (Å²) in [6.07, 6.45) is 3.94. The van der Waals surface area contributed by atoms with Gasteiger partial charge in [-0.1, -0.05) is 68.2 Å². The van der Waals surface area contributed by atoms with Crippen LogP contribution in [0.4, 0.5) is 4.79 Å². The number of rotatable bonds is 6. The lowest BCUT2D eigenvalue weighted by molar-refractivity contribution is -0.120. The number of amides is 3. The van der Waals surface area contributed by atoms with Crippen molar-refractivity contribution in [3.05, 3.63) is 93.2 Å². The Morgan fingerprint density at radius 1 is 0.960 bits per heavy atom. The average Bonchev–Trinajstić information content (AvgIpc) is 3.18. The topological polar surface area (TPSA) is 90.4 Å². The molecule has 0 bridgehead atoms. The molecule has 4 heterocycles. The number of hydrogen-bond acceptors (Lipinski definition) is 6. The normalized spacial score (nSPS) is 23.8. The van der Waals surface area contributed by atoms with Crippen molar-refractivity contribution in [1.29, 1.82) is 0 Å². The summed E-state index contributed by atoms with van der Waals surface area (Å²) in [6, 6.07) is 17.6. The molecule has 2 atom stereocenters. The van der Waals surface area contributed by atoms with E-state index in [1.807, 2.05) is 77.5 Å². The van der Waals surface area contributed by atoms with Crippen LogP contribution < -0.4 is 10.1 Å². The van der Waals surface area contributed by atoms with E-state index in [9.17, 15) is 4.79 Å². The van der Waals surface area contributed by atoms with Crippen molar-refractivity contribution in [2.75, 3.05) is 39.3 Å². The molecule has 2 saturated heterocycles. The molecule has 3 aliphatic rings. The molecule has 6 rings (SSSR count). The second-order valence-corrected chi connectivity index (χ2v) is 15.7. The Hall–Kier alpha value is -3.66. The number of amidine groups is 1. The number of hydrogen-bond donors (Lipinski definition) is 1. The summed E-state index contributed by atoms with van der Waals surface area (Å²) in [5, 5.41) is 4.21. The van der Waals surface area contributed by atoms with E-state index in [0.717, 1.165) is 42.8 Å². The summed E-state index contributed by atoms with van der Waals surface area (Å²) < 4.78 is 6.30. The standard InChI is InChI=1S/C39H48Cl2N6O3/c1-7-50-32-24-33(37(2,3)4)43-25-31(32)35-44-38(5,26-8-12-28(40)13-9-26)39(6,27-10-14-29(41)15-11-27)47(35)36(49)46-20-16-30(17-21-46)45-22-18-34(48)42-19-23-45/h8-15,24-25,30H,7,16-23H2,1-6H3,(H,42,48). The maximum atomic E-state index is 15.3. The van der Waals surface area contributed by atoms with Crippen LogP contribution in [0, 0.1) is 0 Å². The highest BCUT2D eigenvalue weighted by Gasteiger charge is 2.60. The number of nitrogens with one attached hydrogen (secondary N) is 1. The van der Waals surface area contributed by atoms with Crippen LogP contribution in [0.5, 0.6) is 5.75 Å². The van der Waals surface area contributed by atoms with Gasteiger partial charge in [-0.15, -0.1) is 0 Å². The average molecular weight is 720 g/mol. The van der Waals surface area contributed by atoms with Gasteiger partial charge in [-0.05, 0) is 69.0 Å². The smallest absolute Gasteiger partial charge is 0.326 e. The van der Waals surface area contributed by atoms with E-state index in [-0.39, 0.29) is 17.4 Å². The Morgan fingerprint density at radius 2 is 1.58 bits per heavy atom. The lowest BCUT2D eigenvalue weighted by Gasteiger charge is -2.47. The van der Waals surface area contributed by atoms with Gasteiger partial charge in [0.25, 0.3) is 0 Å². The summed E-state index contributed by atoms with van der Waals surface area (Å²) in [7, 11) is 0. The molecule has 2 unspecified atom stereocenters. The van der Waals surface area contributed by atoms with Crippen LogP contribution in [0.3, 0.4) is 0 Å². The maximum absolute atomic E-state index is 15.3. The lowest BCUT2D eigenvalue weighted by atomic mass is 9.71. The van der Waals surface area contributed by atoms with Gasteiger partial charge >= 0.3 is 6.03 Å². The molecule has 0 aliphatic carbocycles. The molecule has 3 amide bonds. The monoisotopic (exact) mass is 718 g/mol. The summed E-state index contributed by atoms with van der Waals surface area (Å²) in [5.74, 6) is 1.23. The van der Waals surface area contributed by atoms with E-state index in [1.54, 1.807) is 0 Å². The fourth-order valence-electron chi connectivity index (χ4n) is 7.57. The first-order valence-electron chi connectivity index (χ1n) is 17.6. The van der Waals surface area contributed by atoms with Crippen molar-refractivity contribution in [3.63, 3.8) is 0 Å². The molecule has 0 radical (unpaired) electrons. The number of carbonyl (C=O) groups excluding carboxylic acids is 2. The maximum Gasteiger partial charge on any atom is 0.326 e. The highest BCUT2D eigenvalue weighted by molar-refractivity contribution is 6.30. The number of carbonyl (C=O) groups is 2. The number of aromatic nitrogens is 1. The largest absolute Gasteiger partial charge is 0.493 e. The van der Waals surface area contributed by atoms with Crippen molar-refractivity contribution in [3.8, 4) is 5.75 Å². The van der Waals surface area contributed by atoms with Crippen LogP contribution in [-0.2, 0) is 21.3 Å². The molecule has 266 valence electrons. The quantitative estimate of drug-likeness (QED) is 0.287. The first-order valence-corrected chi connectivity index (χ1v) is 18.4. The number of aliphatic imine (C=N–C) groups is 1. The summed E-state index contributed by atoms with van der Waals surface area (Å²) in [6.45, 7) is 16.3. The van der Waals surface area contributed by atoms with Crippen LogP contribution >= 0.6 is 23.2 Å². The van der Waals surface area contributed by atoms with E-state index < -0.39 is 11.1 Å². The van der Waals surface area contributed by atoms with Crippen LogP contribution in [-0.4, -0.2) is 82.8 Å². The molecule has 1 aromatic heterocycles. The van der Waals surface area contributed by atoms with E-state index in [1.165, 1.54) is 0 Å². The number of ether oxygens (including phenoxy) is 1. The minimum absolute atomic E-state index is 0.0997. The van der Waals surface area contributed by atoms with Gasteiger partial charge in [0, 0.05) is 78.6 Å². The van der Waals surface area contributed by atoms with Crippen molar-refractivity contribution in [2.45, 2.75) is 83.3 Å². The number of likely N-dealkylation sites (tertiary alicyclic amines) is 1. The van der Waals surface area contributed by atoms with Gasteiger partial charge < -0.3 is 15.0 Å². The number of halogens is 2. The molecular formula is C39H48Cl2N6O3. The van der Waals surface area contributed by atoms with Gasteiger partial charge in [-0.3, -0.25) is 24.6 Å². The molecule has 2 fully saturated rings. The molecule has 3 aliphatic heterocycles. The van der Waals surface area contributed by atoms with E-state index in [0.29, 0.717) is 65.9 Å². The van der Waals surface area contributed by atoms with Crippen LogP contribution in [0.2, 0.25) is 10.0 Å². The fourth-order valence-corrected chi connectivity index (χ4v) is 7.82. The second kappa shape index (κ2) is 14.2. The molecule has 50 heavy (non-hydrogen) atoms. The summed E-state index contributed by atoms with van der Waals surface area (Å²) in [5.41, 5.74) is 1.17. The van der Waals surface area contributed by atoms with E-state index in [4.69, 9.17) is 37.9 Å². The molecule has 0 saturated carbocycles. The summed E-state index contributed by atoms with van der Waals surface area (Å²) in [4.78, 5) is 43.9. The van der Waals surface area contributed by atoms with Gasteiger partial charge in [0.1, 0.15) is 22.7 Å². The molecule has 0 spiro atoms. The predicted molar refractivity (Wildman–Crippen MR) is 199 cm³/mol. The number of pyridine rings is 1. The number of nitrogens with zero attached hydrogens (tertiary/aromatic N) is 5. The third kappa shape index (κ3) is 6.72. The van der Waals surface area contributed by atoms with Crippen LogP contribution in [0.25, 0.3) is 0 Å². The van der Waals surface area contributed by atoms with Gasteiger partial charge in [0.2, 0.25) is 5.91 Å².